The van der Waals surface area contributed by atoms with Crippen LogP contribution in [0.2, 0.25) is 0 Å². The van der Waals surface area contributed by atoms with Crippen LogP contribution < -0.4 is 51.4 Å². The standard InChI is InChI=1S/C2F3.BH3O3.K/c3-1-2(4)5;2-1(3)4;/h;2-4H;/q-1;;+1. The van der Waals surface area contributed by atoms with Gasteiger partial charge in [-0.1, -0.05) is 0 Å². The molecule has 3 nitrogen and oxygen atoms in total. The van der Waals surface area contributed by atoms with Gasteiger partial charge < -0.3 is 19.5 Å². The van der Waals surface area contributed by atoms with Crippen molar-refractivity contribution in [3.63, 3.8) is 0 Å². The van der Waals surface area contributed by atoms with Crippen LogP contribution in [0.4, 0.5) is 13.2 Å². The molecule has 0 aromatic heterocycles. The van der Waals surface area contributed by atoms with Crippen molar-refractivity contribution < 1.29 is 79.6 Å². The van der Waals surface area contributed by atoms with Gasteiger partial charge in [0, 0.05) is 0 Å². The topological polar surface area (TPSA) is 60.7 Å². The van der Waals surface area contributed by atoms with Gasteiger partial charge in [0.1, 0.15) is 6.08 Å². The van der Waals surface area contributed by atoms with Gasteiger partial charge in [-0.2, -0.15) is 0 Å². The zero-order valence-electron chi connectivity index (χ0n) is 5.05. The fourth-order valence-electron chi connectivity index (χ4n) is 0. The number of hydrogen-bond donors (Lipinski definition) is 3. The molecule has 0 aliphatic carbocycles. The molecule has 0 bridgehead atoms. The van der Waals surface area contributed by atoms with Gasteiger partial charge in [0.15, 0.2) is 0 Å². The van der Waals surface area contributed by atoms with E-state index in [1.165, 1.54) is 0 Å². The van der Waals surface area contributed by atoms with Crippen LogP contribution >= 0.6 is 0 Å². The largest absolute Gasteiger partial charge is 1.00 e. The predicted octanol–water partition coefficient (Wildman–Crippen LogP) is -3.55. The quantitative estimate of drug-likeness (QED) is 0.268. The molecule has 0 aromatic carbocycles. The second-order valence-electron chi connectivity index (χ2n) is 0.701. The van der Waals surface area contributed by atoms with E-state index in [1.807, 2.05) is 0 Å². The number of hydrogen-bond acceptors (Lipinski definition) is 3. The second-order valence-corrected chi connectivity index (χ2v) is 0.701. The summed E-state index contributed by atoms with van der Waals surface area (Å²) in [4.78, 5) is 0. The fourth-order valence-corrected chi connectivity index (χ4v) is 0. The molecule has 0 rings (SSSR count). The molecule has 0 amide bonds. The molecule has 0 spiro atoms. The van der Waals surface area contributed by atoms with Crippen molar-refractivity contribution in [1.29, 1.82) is 0 Å². The monoisotopic (exact) mass is 182 g/mol. The smallest absolute Gasteiger partial charge is 0.453 e. The van der Waals surface area contributed by atoms with Crippen LogP contribution in [0.5, 0.6) is 0 Å². The van der Waals surface area contributed by atoms with Crippen molar-refractivity contribution >= 4 is 7.32 Å². The first-order valence-electron chi connectivity index (χ1n) is 1.59. The maximum Gasteiger partial charge on any atom is 1.00 e. The Morgan fingerprint density at radius 2 is 1.30 bits per heavy atom. The molecule has 8 heteroatoms. The number of halogens is 3. The third-order valence-corrected chi connectivity index (χ3v) is 0.0714. The van der Waals surface area contributed by atoms with Gasteiger partial charge in [0.2, 0.25) is 0 Å². The molecule has 0 fully saturated rings. The van der Waals surface area contributed by atoms with Crippen LogP contribution in [0, 0.1) is 6.33 Å². The van der Waals surface area contributed by atoms with E-state index >= 15 is 0 Å². The van der Waals surface area contributed by atoms with E-state index in [9.17, 15) is 13.2 Å². The molecule has 0 aliphatic rings. The van der Waals surface area contributed by atoms with Gasteiger partial charge in [-0.05, 0) is 0 Å². The van der Waals surface area contributed by atoms with Crippen molar-refractivity contribution in [1.82, 2.24) is 0 Å². The van der Waals surface area contributed by atoms with Crippen LogP contribution in [-0.2, 0) is 0 Å². The van der Waals surface area contributed by atoms with Gasteiger partial charge in [-0.25, -0.2) is 15.1 Å². The molecule has 0 aliphatic heterocycles. The Bertz CT molecular complexity index is 83.1. The molecule has 0 heterocycles. The summed E-state index contributed by atoms with van der Waals surface area (Å²) in [6.45, 7) is 0. The third kappa shape index (κ3) is 61.9. The summed E-state index contributed by atoms with van der Waals surface area (Å²) >= 11 is 0. The first-order valence-corrected chi connectivity index (χ1v) is 1.59. The summed E-state index contributed by atoms with van der Waals surface area (Å²) in [7, 11) is -2.17. The summed E-state index contributed by atoms with van der Waals surface area (Å²) in [5.41, 5.74) is 0. The molecule has 10 heavy (non-hydrogen) atoms. The van der Waals surface area contributed by atoms with E-state index in [1.54, 1.807) is 0 Å². The zero-order valence-corrected chi connectivity index (χ0v) is 8.18. The Morgan fingerprint density at radius 3 is 1.30 bits per heavy atom. The average Bonchev–Trinajstić information content (AvgIpc) is 1.65. The summed E-state index contributed by atoms with van der Waals surface area (Å²) < 4.78 is 30.5. The minimum absolute atomic E-state index is 0. The predicted molar refractivity (Wildman–Crippen MR) is 22.5 cm³/mol. The molecular formula is C2H3BF3KO3. The van der Waals surface area contributed by atoms with E-state index in [0.717, 1.165) is 0 Å². The summed E-state index contributed by atoms with van der Waals surface area (Å²) in [6, 6.07) is 0. The van der Waals surface area contributed by atoms with Crippen LogP contribution in [-0.4, -0.2) is 22.4 Å². The van der Waals surface area contributed by atoms with E-state index in [-0.39, 0.29) is 57.7 Å². The average molecular weight is 182 g/mol. The number of rotatable bonds is 0. The Balaban J connectivity index is -0.0000000910. The Morgan fingerprint density at radius 1 is 1.20 bits per heavy atom. The van der Waals surface area contributed by atoms with Crippen LogP contribution in [0.15, 0.2) is 6.08 Å². The van der Waals surface area contributed by atoms with Gasteiger partial charge in [0.05, 0.1) is 0 Å². The second kappa shape index (κ2) is 12.8. The van der Waals surface area contributed by atoms with Gasteiger partial charge in [-0.3, -0.25) is 0 Å². The van der Waals surface area contributed by atoms with Gasteiger partial charge in [-0.15, -0.1) is 0 Å². The molecule has 3 N–H and O–H groups in total. The normalized spacial score (nSPS) is 6.20. The van der Waals surface area contributed by atoms with Crippen molar-refractivity contribution in [2.75, 3.05) is 0 Å². The van der Waals surface area contributed by atoms with Crippen molar-refractivity contribution in [3.8, 4) is 0 Å². The maximum atomic E-state index is 10.2. The van der Waals surface area contributed by atoms with Crippen molar-refractivity contribution in [2.24, 2.45) is 0 Å². The zero-order chi connectivity index (χ0) is 7.86. The van der Waals surface area contributed by atoms with Crippen LogP contribution in [0.1, 0.15) is 0 Å². The molecule has 0 aromatic rings. The molecular weight excluding hydrogens is 179 g/mol. The van der Waals surface area contributed by atoms with Crippen molar-refractivity contribution in [2.45, 2.75) is 0 Å². The van der Waals surface area contributed by atoms with E-state index in [0.29, 0.717) is 0 Å². The third-order valence-electron chi connectivity index (χ3n) is 0.0714. The Labute approximate surface area is 98.1 Å². The van der Waals surface area contributed by atoms with E-state index < -0.39 is 13.4 Å². The van der Waals surface area contributed by atoms with Gasteiger partial charge in [0.25, 0.3) is 0 Å². The molecule has 0 unspecified atom stereocenters. The molecule has 0 saturated carbocycles. The van der Waals surface area contributed by atoms with Gasteiger partial charge >= 0.3 is 58.7 Å². The minimum Gasteiger partial charge on any atom is -0.453 e. The van der Waals surface area contributed by atoms with Crippen LogP contribution in [0.25, 0.3) is 0 Å². The summed E-state index contributed by atoms with van der Waals surface area (Å²) in [6.07, 6.45) is -2.30. The Hall–Kier alpha value is 1.11. The minimum atomic E-state index is -2.41. The Kier molecular flexibility index (Phi) is 22.0. The first kappa shape index (κ1) is 17.3. The fraction of sp³-hybridized carbons (Fsp3) is 0. The maximum absolute atomic E-state index is 10.2. The molecule has 0 atom stereocenters. The summed E-state index contributed by atoms with van der Waals surface area (Å²) in [5.74, 6) is 0. The summed E-state index contributed by atoms with van der Waals surface area (Å²) in [5, 5.41) is 21.5. The first-order chi connectivity index (χ1) is 4.00. The van der Waals surface area contributed by atoms with Crippen LogP contribution in [0.3, 0.4) is 0 Å². The SMILES string of the molecule is F[C-]=C(F)F.OB(O)O.[K+]. The van der Waals surface area contributed by atoms with E-state index in [4.69, 9.17) is 15.1 Å². The molecule has 0 saturated heterocycles. The molecule has 0 radical (unpaired) electrons. The molecule has 54 valence electrons. The van der Waals surface area contributed by atoms with Crippen molar-refractivity contribution in [3.05, 3.63) is 12.4 Å². The van der Waals surface area contributed by atoms with E-state index in [2.05, 4.69) is 0 Å².